The van der Waals surface area contributed by atoms with Gasteiger partial charge in [0.2, 0.25) is 0 Å². The molecule has 1 rings (SSSR count). The molecule has 1 fully saturated rings. The van der Waals surface area contributed by atoms with Crippen molar-refractivity contribution in [3.8, 4) is 0 Å². The van der Waals surface area contributed by atoms with E-state index in [-0.39, 0.29) is 5.41 Å². The molecule has 0 radical (unpaired) electrons. The number of hydrogen-bond acceptors (Lipinski definition) is 0. The Morgan fingerprint density at radius 2 is 1.64 bits per heavy atom. The SMILES string of the molecule is C=C(C1CCC1)C(C)(C)C(C(C)C(C)CCCC)C(C)(C)C. The first-order valence-electron chi connectivity index (χ1n) is 9.72. The van der Waals surface area contributed by atoms with Crippen molar-refractivity contribution in [1.29, 1.82) is 0 Å². The van der Waals surface area contributed by atoms with Crippen LogP contribution in [0.15, 0.2) is 12.2 Å². The van der Waals surface area contributed by atoms with Crippen LogP contribution in [0.25, 0.3) is 0 Å². The van der Waals surface area contributed by atoms with Crippen molar-refractivity contribution in [2.45, 2.75) is 93.9 Å². The predicted octanol–water partition coefficient (Wildman–Crippen LogP) is 7.49. The lowest BCUT2D eigenvalue weighted by atomic mass is 9.53. The quantitative estimate of drug-likeness (QED) is 0.407. The van der Waals surface area contributed by atoms with E-state index in [1.54, 1.807) is 0 Å². The molecule has 3 unspecified atom stereocenters. The third-order valence-corrected chi connectivity index (χ3v) is 6.57. The minimum atomic E-state index is 0.239. The molecule has 0 bridgehead atoms. The molecule has 3 atom stereocenters. The highest BCUT2D eigenvalue weighted by molar-refractivity contribution is 5.17. The summed E-state index contributed by atoms with van der Waals surface area (Å²) in [6.07, 6.45) is 8.21. The molecular weight excluding hydrogens is 264 g/mol. The third-order valence-electron chi connectivity index (χ3n) is 6.57. The largest absolute Gasteiger partial charge is 0.0990 e. The first kappa shape index (κ1) is 19.8. The molecule has 1 aliphatic carbocycles. The number of rotatable bonds is 8. The van der Waals surface area contributed by atoms with Gasteiger partial charge in [-0.15, -0.1) is 0 Å². The van der Waals surface area contributed by atoms with Crippen LogP contribution >= 0.6 is 0 Å². The molecule has 0 N–H and O–H groups in total. The maximum atomic E-state index is 4.59. The second kappa shape index (κ2) is 7.54. The maximum Gasteiger partial charge on any atom is -0.0109 e. The van der Waals surface area contributed by atoms with Crippen LogP contribution in [0.4, 0.5) is 0 Å². The lowest BCUT2D eigenvalue weighted by Gasteiger charge is -2.51. The average molecular weight is 307 g/mol. The molecule has 0 saturated heterocycles. The van der Waals surface area contributed by atoms with Crippen LogP contribution in [-0.4, -0.2) is 0 Å². The topological polar surface area (TPSA) is 0 Å². The van der Waals surface area contributed by atoms with Crippen LogP contribution in [0.2, 0.25) is 0 Å². The van der Waals surface area contributed by atoms with Gasteiger partial charge in [-0.1, -0.05) is 93.2 Å². The zero-order valence-electron chi connectivity index (χ0n) is 16.8. The van der Waals surface area contributed by atoms with E-state index in [2.05, 4.69) is 62.0 Å². The molecule has 22 heavy (non-hydrogen) atoms. The zero-order valence-corrected chi connectivity index (χ0v) is 16.8. The molecule has 0 spiro atoms. The number of allylic oxidation sites excluding steroid dienone is 1. The second-order valence-electron chi connectivity index (χ2n) is 9.70. The summed E-state index contributed by atoms with van der Waals surface area (Å²) in [4.78, 5) is 0. The summed E-state index contributed by atoms with van der Waals surface area (Å²) < 4.78 is 0. The highest BCUT2D eigenvalue weighted by Gasteiger charge is 2.46. The molecule has 0 heterocycles. The first-order chi connectivity index (χ1) is 10.0. The van der Waals surface area contributed by atoms with Crippen molar-refractivity contribution in [2.75, 3.05) is 0 Å². The van der Waals surface area contributed by atoms with Crippen LogP contribution in [0.3, 0.4) is 0 Å². The summed E-state index contributed by atoms with van der Waals surface area (Å²) >= 11 is 0. The van der Waals surface area contributed by atoms with Gasteiger partial charge in [0.15, 0.2) is 0 Å². The average Bonchev–Trinajstić information content (AvgIpc) is 2.31. The molecule has 0 nitrogen and oxygen atoms in total. The minimum absolute atomic E-state index is 0.239. The number of unbranched alkanes of at least 4 members (excludes halogenated alkanes) is 1. The second-order valence-corrected chi connectivity index (χ2v) is 9.70. The van der Waals surface area contributed by atoms with E-state index in [9.17, 15) is 0 Å². The summed E-state index contributed by atoms with van der Waals surface area (Å²) in [6.45, 7) is 24.2. The van der Waals surface area contributed by atoms with Crippen molar-refractivity contribution in [2.24, 2.45) is 34.5 Å². The first-order valence-corrected chi connectivity index (χ1v) is 9.72. The van der Waals surface area contributed by atoms with Crippen LogP contribution in [0.5, 0.6) is 0 Å². The highest BCUT2D eigenvalue weighted by Crippen LogP contribution is 2.54. The molecule has 1 aliphatic rings. The van der Waals surface area contributed by atoms with Gasteiger partial charge in [0, 0.05) is 0 Å². The van der Waals surface area contributed by atoms with E-state index in [0.717, 1.165) is 17.8 Å². The Morgan fingerprint density at radius 3 is 2.00 bits per heavy atom. The molecule has 0 aliphatic heterocycles. The summed E-state index contributed by atoms with van der Waals surface area (Å²) in [6, 6.07) is 0. The summed E-state index contributed by atoms with van der Waals surface area (Å²) in [5.41, 5.74) is 2.10. The molecule has 0 heteroatoms. The lowest BCUT2D eigenvalue weighted by Crippen LogP contribution is -2.44. The van der Waals surface area contributed by atoms with Crippen molar-refractivity contribution in [1.82, 2.24) is 0 Å². The molecule has 1 saturated carbocycles. The van der Waals surface area contributed by atoms with Gasteiger partial charge in [-0.25, -0.2) is 0 Å². The van der Waals surface area contributed by atoms with Crippen molar-refractivity contribution >= 4 is 0 Å². The van der Waals surface area contributed by atoms with Gasteiger partial charge in [0.25, 0.3) is 0 Å². The molecule has 0 aromatic carbocycles. The summed E-state index contributed by atoms with van der Waals surface area (Å²) in [7, 11) is 0. The van der Waals surface area contributed by atoms with E-state index in [0.29, 0.717) is 11.3 Å². The van der Waals surface area contributed by atoms with Gasteiger partial charge in [-0.2, -0.15) is 0 Å². The van der Waals surface area contributed by atoms with Gasteiger partial charge in [-0.3, -0.25) is 0 Å². The van der Waals surface area contributed by atoms with E-state index in [4.69, 9.17) is 0 Å². The summed E-state index contributed by atoms with van der Waals surface area (Å²) in [5, 5.41) is 0. The van der Waals surface area contributed by atoms with Crippen molar-refractivity contribution in [3.63, 3.8) is 0 Å². The fraction of sp³-hybridized carbons (Fsp3) is 0.909. The van der Waals surface area contributed by atoms with Crippen LogP contribution < -0.4 is 0 Å². The van der Waals surface area contributed by atoms with Gasteiger partial charge >= 0.3 is 0 Å². The van der Waals surface area contributed by atoms with Gasteiger partial charge in [-0.05, 0) is 47.3 Å². The Kier molecular flexibility index (Phi) is 6.78. The van der Waals surface area contributed by atoms with E-state index >= 15 is 0 Å². The Labute approximate surface area is 141 Å². The Hall–Kier alpha value is -0.260. The van der Waals surface area contributed by atoms with Crippen LogP contribution in [0, 0.1) is 34.5 Å². The van der Waals surface area contributed by atoms with Crippen molar-refractivity contribution in [3.05, 3.63) is 12.2 Å². The summed E-state index contributed by atoms with van der Waals surface area (Å²) in [5.74, 6) is 3.04. The Morgan fingerprint density at radius 1 is 1.09 bits per heavy atom. The van der Waals surface area contributed by atoms with E-state index in [1.165, 1.54) is 44.1 Å². The van der Waals surface area contributed by atoms with Crippen LogP contribution in [-0.2, 0) is 0 Å². The van der Waals surface area contributed by atoms with Gasteiger partial charge < -0.3 is 0 Å². The third kappa shape index (κ3) is 4.39. The fourth-order valence-corrected chi connectivity index (χ4v) is 5.13. The molecule has 130 valence electrons. The monoisotopic (exact) mass is 306 g/mol. The van der Waals surface area contributed by atoms with E-state index < -0.39 is 0 Å². The lowest BCUT2D eigenvalue weighted by molar-refractivity contribution is 0.0253. The molecule has 0 aromatic heterocycles. The number of hydrogen-bond donors (Lipinski definition) is 0. The Balaban J connectivity index is 2.98. The normalized spacial score (nSPS) is 21.1. The predicted molar refractivity (Wildman–Crippen MR) is 101 cm³/mol. The minimum Gasteiger partial charge on any atom is -0.0990 e. The Bertz CT molecular complexity index is 351. The zero-order chi connectivity index (χ0) is 17.1. The smallest absolute Gasteiger partial charge is 0.0109 e. The maximum absolute atomic E-state index is 4.59. The van der Waals surface area contributed by atoms with Crippen molar-refractivity contribution < 1.29 is 0 Å². The van der Waals surface area contributed by atoms with E-state index in [1.807, 2.05) is 0 Å². The molecule has 0 amide bonds. The standard InChI is InChI=1S/C22H42/c1-10-11-13-16(2)17(3)20(21(5,6)7)22(8,9)18(4)19-14-12-15-19/h16-17,19-20H,4,10-15H2,1-3,5-9H3. The molecular formula is C22H42. The highest BCUT2D eigenvalue weighted by atomic mass is 14.5. The van der Waals surface area contributed by atoms with Gasteiger partial charge in [0.1, 0.15) is 0 Å². The fourth-order valence-electron chi connectivity index (χ4n) is 5.13. The van der Waals surface area contributed by atoms with Crippen LogP contribution in [0.1, 0.15) is 93.9 Å². The van der Waals surface area contributed by atoms with Gasteiger partial charge in [0.05, 0.1) is 0 Å². The molecule has 0 aromatic rings.